The number of hydrogen-bond donors (Lipinski definition) is 2. The smallest absolute Gasteiger partial charge is 0.235 e. The largest absolute Gasteiger partial charge is 0.355 e. The van der Waals surface area contributed by atoms with Crippen LogP contribution in [-0.4, -0.2) is 24.9 Å². The van der Waals surface area contributed by atoms with Crippen LogP contribution in [0.5, 0.6) is 0 Å². The Morgan fingerprint density at radius 2 is 1.35 bits per heavy atom. The van der Waals surface area contributed by atoms with Crippen molar-refractivity contribution in [2.75, 3.05) is 13.1 Å². The van der Waals surface area contributed by atoms with Crippen molar-refractivity contribution in [1.82, 2.24) is 10.6 Å². The number of carbonyl (C=O) groups excluding carboxylic acids is 2. The first kappa shape index (κ1) is 14.0. The molecule has 4 heteroatoms. The maximum atomic E-state index is 11.9. The van der Waals surface area contributed by atoms with E-state index in [0.29, 0.717) is 25.9 Å². The summed E-state index contributed by atoms with van der Waals surface area (Å²) in [7, 11) is 0. The van der Waals surface area contributed by atoms with E-state index in [4.69, 9.17) is 0 Å². The predicted molar refractivity (Wildman–Crippen MR) is 67.5 cm³/mol. The lowest BCUT2D eigenvalue weighted by molar-refractivity contribution is -0.137. The Hall–Kier alpha value is -1.06. The van der Waals surface area contributed by atoms with Crippen LogP contribution in [0.25, 0.3) is 0 Å². The van der Waals surface area contributed by atoms with Crippen LogP contribution < -0.4 is 10.6 Å². The molecule has 1 aliphatic carbocycles. The molecule has 0 aromatic heterocycles. The van der Waals surface area contributed by atoms with Crippen LogP contribution in [0.15, 0.2) is 0 Å². The second kappa shape index (κ2) is 6.62. The molecule has 0 spiro atoms. The molecule has 17 heavy (non-hydrogen) atoms. The van der Waals surface area contributed by atoms with Crippen molar-refractivity contribution >= 4 is 11.8 Å². The van der Waals surface area contributed by atoms with E-state index in [9.17, 15) is 9.59 Å². The van der Waals surface area contributed by atoms with E-state index in [1.807, 2.05) is 0 Å². The Bertz CT molecular complexity index is 249. The minimum atomic E-state index is -0.735. The van der Waals surface area contributed by atoms with Gasteiger partial charge in [-0.1, -0.05) is 26.7 Å². The summed E-state index contributed by atoms with van der Waals surface area (Å²) in [5, 5.41) is 5.72. The van der Waals surface area contributed by atoms with Gasteiger partial charge in [0.25, 0.3) is 0 Å². The van der Waals surface area contributed by atoms with Crippen molar-refractivity contribution in [3.05, 3.63) is 0 Å². The Kier molecular flexibility index (Phi) is 5.45. The summed E-state index contributed by atoms with van der Waals surface area (Å²) in [5.41, 5.74) is -0.735. The minimum Gasteiger partial charge on any atom is -0.355 e. The molecule has 0 radical (unpaired) electrons. The van der Waals surface area contributed by atoms with E-state index < -0.39 is 5.41 Å². The molecule has 1 fully saturated rings. The van der Waals surface area contributed by atoms with Crippen LogP contribution in [0.4, 0.5) is 0 Å². The molecule has 0 heterocycles. The first-order valence-corrected chi connectivity index (χ1v) is 6.74. The average Bonchev–Trinajstić information content (AvgIpc) is 3.10. The third-order valence-corrected chi connectivity index (χ3v) is 3.25. The highest BCUT2D eigenvalue weighted by molar-refractivity contribution is 6.07. The molecule has 0 bridgehead atoms. The summed E-state index contributed by atoms with van der Waals surface area (Å²) >= 11 is 0. The van der Waals surface area contributed by atoms with Gasteiger partial charge in [-0.2, -0.15) is 0 Å². The number of unbranched alkanes of at least 4 members (excludes halogenated alkanes) is 2. The third kappa shape index (κ3) is 3.72. The van der Waals surface area contributed by atoms with E-state index in [1.54, 1.807) is 0 Å². The normalized spacial score (nSPS) is 16.4. The van der Waals surface area contributed by atoms with Crippen molar-refractivity contribution in [2.24, 2.45) is 5.41 Å². The highest BCUT2D eigenvalue weighted by Gasteiger charge is 2.56. The van der Waals surface area contributed by atoms with E-state index in [1.165, 1.54) is 0 Å². The predicted octanol–water partition coefficient (Wildman–Crippen LogP) is 1.60. The number of rotatable bonds is 8. The summed E-state index contributed by atoms with van der Waals surface area (Å²) < 4.78 is 0. The molecule has 0 aromatic carbocycles. The van der Waals surface area contributed by atoms with Gasteiger partial charge >= 0.3 is 0 Å². The van der Waals surface area contributed by atoms with Crippen molar-refractivity contribution in [2.45, 2.75) is 52.4 Å². The second-order valence-electron chi connectivity index (χ2n) is 4.80. The van der Waals surface area contributed by atoms with Gasteiger partial charge < -0.3 is 10.6 Å². The lowest BCUT2D eigenvalue weighted by Gasteiger charge is -2.15. The Morgan fingerprint density at radius 1 is 0.941 bits per heavy atom. The fourth-order valence-electron chi connectivity index (χ4n) is 1.78. The molecular weight excluding hydrogens is 216 g/mol. The number of hydrogen-bond acceptors (Lipinski definition) is 2. The highest BCUT2D eigenvalue weighted by Crippen LogP contribution is 2.46. The SMILES string of the molecule is CCCCNC(=O)C1(C(=O)NCCCC)CC1. The Balaban J connectivity index is 2.34. The average molecular weight is 240 g/mol. The summed E-state index contributed by atoms with van der Waals surface area (Å²) in [4.78, 5) is 23.8. The standard InChI is InChI=1S/C13H24N2O2/c1-3-5-9-14-11(16)13(7-8-13)12(17)15-10-6-4-2/h3-10H2,1-2H3,(H,14,16)(H,15,17). The number of amides is 2. The van der Waals surface area contributed by atoms with Crippen molar-refractivity contribution in [1.29, 1.82) is 0 Å². The van der Waals surface area contributed by atoms with Gasteiger partial charge in [0.05, 0.1) is 0 Å². The molecule has 0 unspecified atom stereocenters. The molecule has 0 aliphatic heterocycles. The number of nitrogens with one attached hydrogen (secondary N) is 2. The molecule has 1 saturated carbocycles. The van der Waals surface area contributed by atoms with Crippen molar-refractivity contribution in [3.8, 4) is 0 Å². The van der Waals surface area contributed by atoms with Crippen LogP contribution in [-0.2, 0) is 9.59 Å². The quantitative estimate of drug-likeness (QED) is 0.500. The Labute approximate surface area is 104 Å². The fraction of sp³-hybridized carbons (Fsp3) is 0.846. The molecule has 98 valence electrons. The zero-order chi connectivity index (χ0) is 12.7. The summed E-state index contributed by atoms with van der Waals surface area (Å²) in [6, 6.07) is 0. The fourth-order valence-corrected chi connectivity index (χ4v) is 1.78. The molecule has 0 aromatic rings. The van der Waals surface area contributed by atoms with Crippen LogP contribution >= 0.6 is 0 Å². The molecule has 2 N–H and O–H groups in total. The lowest BCUT2D eigenvalue weighted by atomic mass is 10.1. The zero-order valence-electron chi connectivity index (χ0n) is 11.0. The zero-order valence-corrected chi connectivity index (χ0v) is 11.0. The minimum absolute atomic E-state index is 0.0834. The van der Waals surface area contributed by atoms with Crippen LogP contribution in [0, 0.1) is 5.41 Å². The van der Waals surface area contributed by atoms with E-state index >= 15 is 0 Å². The van der Waals surface area contributed by atoms with Crippen LogP contribution in [0.2, 0.25) is 0 Å². The highest BCUT2D eigenvalue weighted by atomic mass is 16.2. The summed E-state index contributed by atoms with van der Waals surface area (Å²) in [6.07, 6.45) is 5.44. The first-order chi connectivity index (χ1) is 8.17. The van der Waals surface area contributed by atoms with Gasteiger partial charge in [0.1, 0.15) is 5.41 Å². The van der Waals surface area contributed by atoms with Gasteiger partial charge in [-0.3, -0.25) is 9.59 Å². The molecule has 1 aliphatic rings. The van der Waals surface area contributed by atoms with Crippen LogP contribution in [0.3, 0.4) is 0 Å². The van der Waals surface area contributed by atoms with Gasteiger partial charge in [0.15, 0.2) is 0 Å². The van der Waals surface area contributed by atoms with E-state index in [-0.39, 0.29) is 11.8 Å². The van der Waals surface area contributed by atoms with Gasteiger partial charge in [-0.15, -0.1) is 0 Å². The van der Waals surface area contributed by atoms with Crippen LogP contribution in [0.1, 0.15) is 52.4 Å². The molecule has 0 atom stereocenters. The maximum absolute atomic E-state index is 11.9. The molecule has 1 rings (SSSR count). The van der Waals surface area contributed by atoms with E-state index in [2.05, 4.69) is 24.5 Å². The monoisotopic (exact) mass is 240 g/mol. The second-order valence-corrected chi connectivity index (χ2v) is 4.80. The number of carbonyl (C=O) groups is 2. The van der Waals surface area contributed by atoms with Gasteiger partial charge in [0.2, 0.25) is 11.8 Å². The summed E-state index contributed by atoms with van der Waals surface area (Å²) in [6.45, 7) is 5.52. The van der Waals surface area contributed by atoms with Gasteiger partial charge in [-0.05, 0) is 25.7 Å². The molecule has 4 nitrogen and oxygen atoms in total. The third-order valence-electron chi connectivity index (χ3n) is 3.25. The topological polar surface area (TPSA) is 58.2 Å². The van der Waals surface area contributed by atoms with E-state index in [0.717, 1.165) is 25.7 Å². The van der Waals surface area contributed by atoms with Crippen molar-refractivity contribution < 1.29 is 9.59 Å². The molecule has 0 saturated heterocycles. The lowest BCUT2D eigenvalue weighted by Crippen LogP contribution is -2.43. The van der Waals surface area contributed by atoms with Gasteiger partial charge in [0, 0.05) is 13.1 Å². The maximum Gasteiger partial charge on any atom is 0.235 e. The van der Waals surface area contributed by atoms with Crippen molar-refractivity contribution in [3.63, 3.8) is 0 Å². The van der Waals surface area contributed by atoms with Gasteiger partial charge in [-0.25, -0.2) is 0 Å². The molecular formula is C13H24N2O2. The first-order valence-electron chi connectivity index (χ1n) is 6.74. The Morgan fingerprint density at radius 3 is 1.65 bits per heavy atom. The molecule has 2 amide bonds. The summed E-state index contributed by atoms with van der Waals surface area (Å²) in [5.74, 6) is -0.167.